The fourth-order valence-corrected chi connectivity index (χ4v) is 2.06. The number of nitrogens with zero attached hydrogens (tertiary/aromatic N) is 1. The van der Waals surface area contributed by atoms with Gasteiger partial charge in [-0.15, -0.1) is 0 Å². The van der Waals surface area contributed by atoms with Crippen LogP contribution in [0.3, 0.4) is 0 Å². The summed E-state index contributed by atoms with van der Waals surface area (Å²) in [4.78, 5) is 0. The zero-order chi connectivity index (χ0) is 15.2. The Bertz CT molecular complexity index is 640. The van der Waals surface area contributed by atoms with Crippen molar-refractivity contribution in [3.05, 3.63) is 69.7 Å². The van der Waals surface area contributed by atoms with Crippen LogP contribution >= 0.6 is 11.6 Å². The summed E-state index contributed by atoms with van der Waals surface area (Å²) >= 11 is 5.79. The van der Waals surface area contributed by atoms with Gasteiger partial charge in [-0.3, -0.25) is 0 Å². The van der Waals surface area contributed by atoms with Crippen molar-refractivity contribution in [2.24, 2.45) is 0 Å². The third-order valence-electron chi connectivity index (χ3n) is 3.08. The van der Waals surface area contributed by atoms with Crippen LogP contribution in [-0.4, -0.2) is 6.54 Å². The highest BCUT2D eigenvalue weighted by Crippen LogP contribution is 2.15. The number of halogens is 3. The molecule has 0 heterocycles. The Morgan fingerprint density at radius 2 is 1.71 bits per heavy atom. The van der Waals surface area contributed by atoms with Crippen molar-refractivity contribution in [3.8, 4) is 6.07 Å². The first-order chi connectivity index (χ1) is 10.1. The molecule has 5 heteroatoms. The SMILES string of the molecule is N#Cc1cc(F)c(CNCCc2ccc(Cl)cc2)c(F)c1. The molecule has 0 radical (unpaired) electrons. The normalized spacial score (nSPS) is 10.4. The third-order valence-corrected chi connectivity index (χ3v) is 3.33. The Morgan fingerprint density at radius 1 is 1.10 bits per heavy atom. The van der Waals surface area contributed by atoms with E-state index in [1.165, 1.54) is 0 Å². The van der Waals surface area contributed by atoms with Gasteiger partial charge in [0.15, 0.2) is 0 Å². The monoisotopic (exact) mass is 306 g/mol. The van der Waals surface area contributed by atoms with Crippen molar-refractivity contribution in [2.75, 3.05) is 6.54 Å². The maximum absolute atomic E-state index is 13.6. The van der Waals surface area contributed by atoms with E-state index < -0.39 is 11.6 Å². The second kappa shape index (κ2) is 7.16. The van der Waals surface area contributed by atoms with E-state index >= 15 is 0 Å². The number of nitrogens with one attached hydrogen (secondary N) is 1. The Kier molecular flexibility index (Phi) is 5.26. The topological polar surface area (TPSA) is 35.8 Å². The molecule has 2 nitrogen and oxygen atoms in total. The van der Waals surface area contributed by atoms with Gasteiger partial charge in [0, 0.05) is 17.1 Å². The minimum atomic E-state index is -0.703. The molecule has 0 aliphatic rings. The van der Waals surface area contributed by atoms with Crippen molar-refractivity contribution in [1.82, 2.24) is 5.32 Å². The van der Waals surface area contributed by atoms with Gasteiger partial charge in [0.05, 0.1) is 11.6 Å². The van der Waals surface area contributed by atoms with E-state index in [4.69, 9.17) is 16.9 Å². The quantitative estimate of drug-likeness (QED) is 0.852. The lowest BCUT2D eigenvalue weighted by Gasteiger charge is -2.08. The van der Waals surface area contributed by atoms with Crippen LogP contribution in [0.1, 0.15) is 16.7 Å². The van der Waals surface area contributed by atoms with Crippen molar-refractivity contribution < 1.29 is 8.78 Å². The highest BCUT2D eigenvalue weighted by atomic mass is 35.5. The van der Waals surface area contributed by atoms with Gasteiger partial charge in [0.2, 0.25) is 0 Å². The van der Waals surface area contributed by atoms with Gasteiger partial charge in [0.1, 0.15) is 11.6 Å². The predicted molar refractivity (Wildman–Crippen MR) is 77.9 cm³/mol. The van der Waals surface area contributed by atoms with Gasteiger partial charge in [-0.05, 0) is 42.8 Å². The molecular weight excluding hydrogens is 294 g/mol. The molecule has 21 heavy (non-hydrogen) atoms. The molecule has 1 N–H and O–H groups in total. The van der Waals surface area contributed by atoms with Gasteiger partial charge >= 0.3 is 0 Å². The molecule has 0 saturated carbocycles. The summed E-state index contributed by atoms with van der Waals surface area (Å²) in [7, 11) is 0. The molecule has 0 saturated heterocycles. The lowest BCUT2D eigenvalue weighted by atomic mass is 10.1. The molecule has 0 aliphatic heterocycles. The van der Waals surface area contributed by atoms with Crippen LogP contribution in [0.25, 0.3) is 0 Å². The highest BCUT2D eigenvalue weighted by Gasteiger charge is 2.10. The maximum atomic E-state index is 13.6. The van der Waals surface area contributed by atoms with E-state index in [2.05, 4.69) is 5.32 Å². The molecule has 2 aromatic carbocycles. The minimum absolute atomic E-state index is 0.0186. The summed E-state index contributed by atoms with van der Waals surface area (Å²) in [6, 6.07) is 11.2. The molecule has 0 atom stereocenters. The molecule has 0 fully saturated rings. The Labute approximate surface area is 127 Å². The highest BCUT2D eigenvalue weighted by molar-refractivity contribution is 6.30. The summed E-state index contributed by atoms with van der Waals surface area (Å²) in [5.74, 6) is -1.41. The summed E-state index contributed by atoms with van der Waals surface area (Å²) in [6.45, 7) is 0.664. The average molecular weight is 307 g/mol. The number of rotatable bonds is 5. The molecule has 0 aliphatic carbocycles. The maximum Gasteiger partial charge on any atom is 0.131 e. The molecule has 0 unspecified atom stereocenters. The van der Waals surface area contributed by atoms with Crippen molar-refractivity contribution in [2.45, 2.75) is 13.0 Å². The number of hydrogen-bond acceptors (Lipinski definition) is 2. The number of hydrogen-bond donors (Lipinski definition) is 1. The Morgan fingerprint density at radius 3 is 2.29 bits per heavy atom. The van der Waals surface area contributed by atoms with Gasteiger partial charge in [0.25, 0.3) is 0 Å². The number of nitriles is 1. The zero-order valence-corrected chi connectivity index (χ0v) is 11.9. The van der Waals surface area contributed by atoms with Crippen LogP contribution in [0.2, 0.25) is 5.02 Å². The third kappa shape index (κ3) is 4.25. The van der Waals surface area contributed by atoms with Crippen molar-refractivity contribution >= 4 is 11.6 Å². The lowest BCUT2D eigenvalue weighted by molar-refractivity contribution is 0.535. The Hall–Kier alpha value is -1.96. The standard InChI is InChI=1S/C16H13ClF2N2/c17-13-3-1-11(2-4-13)5-6-21-10-14-15(18)7-12(9-20)8-16(14)19/h1-4,7-8,21H,5-6,10H2. The largest absolute Gasteiger partial charge is 0.312 e. The van der Waals surface area contributed by atoms with Crippen LogP contribution in [-0.2, 0) is 13.0 Å². The molecule has 2 rings (SSSR count). The average Bonchev–Trinajstić information content (AvgIpc) is 2.47. The molecule has 108 valence electrons. The van der Waals surface area contributed by atoms with Gasteiger partial charge in [-0.1, -0.05) is 23.7 Å². The van der Waals surface area contributed by atoms with Gasteiger partial charge < -0.3 is 5.32 Å². The van der Waals surface area contributed by atoms with E-state index in [0.29, 0.717) is 11.6 Å². The van der Waals surface area contributed by atoms with Crippen molar-refractivity contribution in [3.63, 3.8) is 0 Å². The lowest BCUT2D eigenvalue weighted by Crippen LogP contribution is -2.18. The smallest absolute Gasteiger partial charge is 0.131 e. The molecule has 2 aromatic rings. The summed E-state index contributed by atoms with van der Waals surface area (Å²) in [5, 5.41) is 12.3. The van der Waals surface area contributed by atoms with Crippen LogP contribution in [0.15, 0.2) is 36.4 Å². The second-order valence-electron chi connectivity index (χ2n) is 4.58. The molecule has 0 spiro atoms. The van der Waals surface area contributed by atoms with Crippen LogP contribution in [0.4, 0.5) is 8.78 Å². The van der Waals surface area contributed by atoms with Crippen molar-refractivity contribution in [1.29, 1.82) is 5.26 Å². The first kappa shape index (κ1) is 15.4. The molecular formula is C16H13ClF2N2. The molecule has 0 aromatic heterocycles. The van der Waals surface area contributed by atoms with Gasteiger partial charge in [-0.2, -0.15) is 5.26 Å². The zero-order valence-electron chi connectivity index (χ0n) is 11.2. The second-order valence-corrected chi connectivity index (χ2v) is 5.02. The predicted octanol–water partition coefficient (Wildman–Crippen LogP) is 3.82. The van der Waals surface area contributed by atoms with E-state index in [0.717, 1.165) is 24.1 Å². The molecule has 0 amide bonds. The summed E-state index contributed by atoms with van der Waals surface area (Å²) < 4.78 is 27.3. The van der Waals surface area contributed by atoms with Crippen LogP contribution < -0.4 is 5.32 Å². The van der Waals surface area contributed by atoms with E-state index in [1.807, 2.05) is 12.1 Å². The first-order valence-corrected chi connectivity index (χ1v) is 6.81. The number of benzene rings is 2. The van der Waals surface area contributed by atoms with Crippen LogP contribution in [0, 0.1) is 23.0 Å². The van der Waals surface area contributed by atoms with Gasteiger partial charge in [-0.25, -0.2) is 8.78 Å². The summed E-state index contributed by atoms with van der Waals surface area (Å²) in [6.07, 6.45) is 0.733. The fourth-order valence-electron chi connectivity index (χ4n) is 1.93. The Balaban J connectivity index is 1.89. The summed E-state index contributed by atoms with van der Waals surface area (Å²) in [5.41, 5.74) is 1.02. The van der Waals surface area contributed by atoms with E-state index in [1.54, 1.807) is 18.2 Å². The molecule has 0 bridgehead atoms. The fraction of sp³-hybridized carbons (Fsp3) is 0.188. The minimum Gasteiger partial charge on any atom is -0.312 e. The van der Waals surface area contributed by atoms with Crippen LogP contribution in [0.5, 0.6) is 0 Å². The van der Waals surface area contributed by atoms with E-state index in [9.17, 15) is 8.78 Å². The first-order valence-electron chi connectivity index (χ1n) is 6.43. The van der Waals surface area contributed by atoms with E-state index in [-0.39, 0.29) is 17.7 Å².